The molecule has 0 saturated heterocycles. The van der Waals surface area contributed by atoms with Gasteiger partial charge in [-0.05, 0) is 73.8 Å². The van der Waals surface area contributed by atoms with Gasteiger partial charge >= 0.3 is 0 Å². The maximum Gasteiger partial charge on any atom is 0.164 e. The molecule has 0 saturated carbocycles. The van der Waals surface area contributed by atoms with Crippen molar-refractivity contribution in [2.45, 2.75) is 0 Å². The topological polar surface area (TPSA) is 51.8 Å². The molecule has 0 aliphatic rings. The van der Waals surface area contributed by atoms with Crippen LogP contribution in [0.3, 0.4) is 0 Å². The Balaban J connectivity index is 1.16. The van der Waals surface area contributed by atoms with Crippen LogP contribution in [0.4, 0.5) is 0 Å². The zero-order chi connectivity index (χ0) is 32.3. The Morgan fingerprint density at radius 1 is 0.306 bits per heavy atom. The van der Waals surface area contributed by atoms with E-state index in [9.17, 15) is 0 Å². The molecule has 10 rings (SSSR count). The average molecular weight is 626 g/mol. The first-order chi connectivity index (χ1) is 24.2. The van der Waals surface area contributed by atoms with E-state index < -0.39 is 0 Å². The normalized spacial score (nSPS) is 11.7. The SMILES string of the molecule is c1ccc2cc(-c3nc(-c4ccc5c(c4)oc4ccccc45)nc(-c4cccc5cc(-c6cccc7ccccc67)ccc45)n3)ccc2c1. The molecule has 0 amide bonds. The molecule has 10 aromatic rings. The molecule has 4 heteroatoms. The summed E-state index contributed by atoms with van der Waals surface area (Å²) in [5.74, 6) is 1.85. The van der Waals surface area contributed by atoms with Crippen LogP contribution < -0.4 is 0 Å². The number of hydrogen-bond donors (Lipinski definition) is 0. The van der Waals surface area contributed by atoms with E-state index in [2.05, 4.69) is 140 Å². The van der Waals surface area contributed by atoms with Gasteiger partial charge in [0.25, 0.3) is 0 Å². The van der Waals surface area contributed by atoms with Crippen molar-refractivity contribution in [1.82, 2.24) is 15.0 Å². The zero-order valence-electron chi connectivity index (χ0n) is 26.3. The Bertz CT molecular complexity index is 2900. The molecule has 0 atom stereocenters. The minimum Gasteiger partial charge on any atom is -0.456 e. The second kappa shape index (κ2) is 11.0. The molecule has 0 fully saturated rings. The lowest BCUT2D eigenvalue weighted by Gasteiger charge is -2.12. The summed E-state index contributed by atoms with van der Waals surface area (Å²) < 4.78 is 6.25. The fourth-order valence-corrected chi connectivity index (χ4v) is 7.07. The third-order valence-corrected chi connectivity index (χ3v) is 9.50. The highest BCUT2D eigenvalue weighted by atomic mass is 16.3. The van der Waals surface area contributed by atoms with Gasteiger partial charge in [0.1, 0.15) is 11.2 Å². The van der Waals surface area contributed by atoms with Crippen molar-refractivity contribution in [1.29, 1.82) is 0 Å². The van der Waals surface area contributed by atoms with Crippen LogP contribution in [0.2, 0.25) is 0 Å². The van der Waals surface area contributed by atoms with Crippen molar-refractivity contribution in [2.75, 3.05) is 0 Å². The molecular weight excluding hydrogens is 599 g/mol. The first kappa shape index (κ1) is 27.5. The lowest BCUT2D eigenvalue weighted by molar-refractivity contribution is 0.669. The number of furan rings is 1. The standard InChI is InChI=1S/C45H27N3O/c1-2-11-30-25-33(20-19-28(30)9-1)43-46-44(34-22-24-39-38-15-5-6-18-41(38)49-42(39)27-34)48-45(47-43)40-17-8-13-31-26-32(21-23-37(31)40)36-16-7-12-29-10-3-4-14-35(29)36/h1-27H. The molecule has 0 aliphatic heterocycles. The van der Waals surface area contributed by atoms with Gasteiger partial charge in [-0.1, -0.05) is 133 Å². The molecule has 0 bridgehead atoms. The third kappa shape index (κ3) is 4.65. The number of aromatic nitrogens is 3. The molecule has 2 aromatic heterocycles. The third-order valence-electron chi connectivity index (χ3n) is 9.50. The highest BCUT2D eigenvalue weighted by molar-refractivity contribution is 6.06. The first-order valence-corrected chi connectivity index (χ1v) is 16.4. The Morgan fingerprint density at radius 3 is 1.73 bits per heavy atom. The molecule has 0 unspecified atom stereocenters. The van der Waals surface area contributed by atoms with Gasteiger partial charge in [-0.25, -0.2) is 15.0 Å². The first-order valence-electron chi connectivity index (χ1n) is 16.4. The van der Waals surface area contributed by atoms with Gasteiger partial charge in [0, 0.05) is 27.5 Å². The van der Waals surface area contributed by atoms with Crippen LogP contribution in [0, 0.1) is 0 Å². The van der Waals surface area contributed by atoms with Crippen LogP contribution in [0.5, 0.6) is 0 Å². The van der Waals surface area contributed by atoms with Gasteiger partial charge in [-0.2, -0.15) is 0 Å². The summed E-state index contributed by atoms with van der Waals surface area (Å²) in [5, 5.41) is 9.15. The zero-order valence-corrected chi connectivity index (χ0v) is 26.3. The van der Waals surface area contributed by atoms with E-state index in [1.165, 1.54) is 27.3 Å². The predicted octanol–water partition coefficient (Wildman–Crippen LogP) is 11.9. The van der Waals surface area contributed by atoms with Crippen molar-refractivity contribution < 1.29 is 4.42 Å². The summed E-state index contributed by atoms with van der Waals surface area (Å²) in [6.45, 7) is 0. The largest absolute Gasteiger partial charge is 0.456 e. The van der Waals surface area contributed by atoms with E-state index in [1.54, 1.807) is 0 Å². The maximum atomic E-state index is 6.25. The molecule has 49 heavy (non-hydrogen) atoms. The Morgan fingerprint density at radius 2 is 0.857 bits per heavy atom. The molecule has 2 heterocycles. The molecule has 0 spiro atoms. The fraction of sp³-hybridized carbons (Fsp3) is 0. The summed E-state index contributed by atoms with van der Waals surface area (Å²) >= 11 is 0. The lowest BCUT2D eigenvalue weighted by Crippen LogP contribution is -2.00. The van der Waals surface area contributed by atoms with Gasteiger partial charge < -0.3 is 4.42 Å². The van der Waals surface area contributed by atoms with Crippen LogP contribution in [0.1, 0.15) is 0 Å². The maximum absolute atomic E-state index is 6.25. The van der Waals surface area contributed by atoms with E-state index in [0.717, 1.165) is 54.8 Å². The van der Waals surface area contributed by atoms with Crippen LogP contribution in [0.25, 0.3) is 99.5 Å². The number of fused-ring (bicyclic) bond motifs is 6. The van der Waals surface area contributed by atoms with E-state index in [4.69, 9.17) is 19.4 Å². The van der Waals surface area contributed by atoms with E-state index >= 15 is 0 Å². The number of benzene rings is 8. The van der Waals surface area contributed by atoms with Crippen molar-refractivity contribution in [3.05, 3.63) is 164 Å². The summed E-state index contributed by atoms with van der Waals surface area (Å²) in [6, 6.07) is 57.1. The average Bonchev–Trinajstić information content (AvgIpc) is 3.55. The fourth-order valence-electron chi connectivity index (χ4n) is 7.07. The second-order valence-corrected chi connectivity index (χ2v) is 12.4. The predicted molar refractivity (Wildman–Crippen MR) is 201 cm³/mol. The van der Waals surface area contributed by atoms with Crippen molar-refractivity contribution in [3.8, 4) is 45.3 Å². The highest BCUT2D eigenvalue weighted by Gasteiger charge is 2.17. The Labute approximate surface area is 282 Å². The van der Waals surface area contributed by atoms with Crippen molar-refractivity contribution in [3.63, 3.8) is 0 Å². The Hall–Kier alpha value is -6.65. The summed E-state index contributed by atoms with van der Waals surface area (Å²) in [6.07, 6.45) is 0. The second-order valence-electron chi connectivity index (χ2n) is 12.4. The number of rotatable bonds is 4. The van der Waals surface area contributed by atoms with Crippen LogP contribution in [-0.4, -0.2) is 15.0 Å². The van der Waals surface area contributed by atoms with E-state index in [-0.39, 0.29) is 0 Å². The molecule has 0 aliphatic carbocycles. The Kier molecular flexibility index (Phi) is 6.15. The molecule has 228 valence electrons. The molecule has 0 N–H and O–H groups in total. The van der Waals surface area contributed by atoms with Gasteiger partial charge in [0.15, 0.2) is 17.5 Å². The quantitative estimate of drug-likeness (QED) is 0.195. The van der Waals surface area contributed by atoms with Crippen LogP contribution in [0.15, 0.2) is 168 Å². The van der Waals surface area contributed by atoms with Gasteiger partial charge in [0.2, 0.25) is 0 Å². The summed E-state index contributed by atoms with van der Waals surface area (Å²) in [5.41, 5.74) is 6.82. The minimum atomic E-state index is 0.597. The van der Waals surface area contributed by atoms with E-state index in [1.807, 2.05) is 24.3 Å². The molecule has 0 radical (unpaired) electrons. The summed E-state index contributed by atoms with van der Waals surface area (Å²) in [4.78, 5) is 15.3. The minimum absolute atomic E-state index is 0.597. The smallest absolute Gasteiger partial charge is 0.164 e. The highest BCUT2D eigenvalue weighted by Crippen LogP contribution is 2.36. The molecule has 8 aromatic carbocycles. The van der Waals surface area contributed by atoms with Crippen LogP contribution in [-0.2, 0) is 0 Å². The molecular formula is C45H27N3O. The van der Waals surface area contributed by atoms with Crippen LogP contribution >= 0.6 is 0 Å². The monoisotopic (exact) mass is 625 g/mol. The van der Waals surface area contributed by atoms with Crippen molar-refractivity contribution in [2.24, 2.45) is 0 Å². The molecule has 4 nitrogen and oxygen atoms in total. The van der Waals surface area contributed by atoms with Gasteiger partial charge in [-0.15, -0.1) is 0 Å². The number of para-hydroxylation sites is 1. The van der Waals surface area contributed by atoms with Crippen molar-refractivity contribution >= 4 is 54.3 Å². The van der Waals surface area contributed by atoms with Gasteiger partial charge in [0.05, 0.1) is 0 Å². The summed E-state index contributed by atoms with van der Waals surface area (Å²) in [7, 11) is 0. The van der Waals surface area contributed by atoms with E-state index in [0.29, 0.717) is 17.5 Å². The lowest BCUT2D eigenvalue weighted by atomic mass is 9.95. The number of hydrogen-bond acceptors (Lipinski definition) is 4. The van der Waals surface area contributed by atoms with Gasteiger partial charge in [-0.3, -0.25) is 0 Å². The number of nitrogens with zero attached hydrogens (tertiary/aromatic N) is 3.